The summed E-state index contributed by atoms with van der Waals surface area (Å²) in [6, 6.07) is 12.8. The number of nitrogens with zero attached hydrogens (tertiary/aromatic N) is 2. The van der Waals surface area contributed by atoms with Gasteiger partial charge in [0.1, 0.15) is 5.82 Å². The van der Waals surface area contributed by atoms with Gasteiger partial charge in [0.2, 0.25) is 5.95 Å². The molecule has 6 nitrogen and oxygen atoms in total. The fourth-order valence-corrected chi connectivity index (χ4v) is 2.61. The molecule has 3 aromatic rings. The minimum atomic E-state index is -4.64. The number of carbonyl (C=O) groups is 1. The lowest BCUT2D eigenvalue weighted by atomic mass is 10.1. The SMILES string of the molecule is Nc1nc(NC(=O)Nc2ccc(Cl)c(C(F)(F)F)c2)cc(-c2ccccc2)n1. The summed E-state index contributed by atoms with van der Waals surface area (Å²) in [5, 5.41) is 4.25. The second kappa shape index (κ2) is 7.73. The van der Waals surface area contributed by atoms with Gasteiger partial charge in [0, 0.05) is 17.3 Å². The molecule has 2 aromatic carbocycles. The first kappa shape index (κ1) is 19.4. The van der Waals surface area contributed by atoms with Crippen LogP contribution in [-0.4, -0.2) is 16.0 Å². The Bertz CT molecular complexity index is 1010. The lowest BCUT2D eigenvalue weighted by molar-refractivity contribution is -0.137. The maximum atomic E-state index is 12.9. The molecule has 0 radical (unpaired) electrons. The highest BCUT2D eigenvalue weighted by Gasteiger charge is 2.33. The molecule has 0 saturated heterocycles. The molecule has 1 aromatic heterocycles. The number of anilines is 3. The highest BCUT2D eigenvalue weighted by atomic mass is 35.5. The van der Waals surface area contributed by atoms with Crippen LogP contribution in [0.15, 0.2) is 54.6 Å². The topological polar surface area (TPSA) is 92.9 Å². The van der Waals surface area contributed by atoms with Gasteiger partial charge < -0.3 is 11.1 Å². The van der Waals surface area contributed by atoms with Crippen molar-refractivity contribution in [3.63, 3.8) is 0 Å². The Balaban J connectivity index is 1.78. The van der Waals surface area contributed by atoms with Crippen LogP contribution in [0.1, 0.15) is 5.56 Å². The number of nitrogens with two attached hydrogens (primary N) is 1. The van der Waals surface area contributed by atoms with Crippen molar-refractivity contribution < 1.29 is 18.0 Å². The van der Waals surface area contributed by atoms with E-state index >= 15 is 0 Å². The first-order chi connectivity index (χ1) is 13.2. The highest BCUT2D eigenvalue weighted by molar-refractivity contribution is 6.31. The third kappa shape index (κ3) is 4.68. The number of aromatic nitrogens is 2. The van der Waals surface area contributed by atoms with Crippen molar-refractivity contribution in [3.8, 4) is 11.3 Å². The number of halogens is 4. The monoisotopic (exact) mass is 407 g/mol. The van der Waals surface area contributed by atoms with Gasteiger partial charge in [-0.05, 0) is 18.2 Å². The van der Waals surface area contributed by atoms with Gasteiger partial charge in [0.05, 0.1) is 16.3 Å². The van der Waals surface area contributed by atoms with Crippen molar-refractivity contribution in [2.24, 2.45) is 0 Å². The fourth-order valence-electron chi connectivity index (χ4n) is 2.39. The van der Waals surface area contributed by atoms with E-state index in [0.29, 0.717) is 5.69 Å². The van der Waals surface area contributed by atoms with Gasteiger partial charge in [-0.15, -0.1) is 0 Å². The summed E-state index contributed by atoms with van der Waals surface area (Å²) in [4.78, 5) is 20.2. The van der Waals surface area contributed by atoms with Crippen molar-refractivity contribution in [1.29, 1.82) is 0 Å². The first-order valence-corrected chi connectivity index (χ1v) is 8.25. The Kier molecular flexibility index (Phi) is 5.36. The quantitative estimate of drug-likeness (QED) is 0.567. The number of hydrogen-bond donors (Lipinski definition) is 3. The van der Waals surface area contributed by atoms with Gasteiger partial charge in [-0.25, -0.2) is 9.78 Å². The smallest absolute Gasteiger partial charge is 0.368 e. The molecule has 3 rings (SSSR count). The summed E-state index contributed by atoms with van der Waals surface area (Å²) >= 11 is 5.56. The minimum absolute atomic E-state index is 0.0671. The van der Waals surface area contributed by atoms with Crippen LogP contribution in [0.5, 0.6) is 0 Å². The van der Waals surface area contributed by atoms with Crippen LogP contribution in [0.4, 0.5) is 35.4 Å². The third-order valence-electron chi connectivity index (χ3n) is 3.58. The second-order valence-electron chi connectivity index (χ2n) is 5.63. The largest absolute Gasteiger partial charge is 0.417 e. The molecule has 0 atom stereocenters. The molecule has 0 fully saturated rings. The molecule has 144 valence electrons. The lowest BCUT2D eigenvalue weighted by Crippen LogP contribution is -2.21. The average molecular weight is 408 g/mol. The Morgan fingerprint density at radius 3 is 2.39 bits per heavy atom. The molecular formula is C18H13ClF3N5O. The van der Waals surface area contributed by atoms with Crippen molar-refractivity contribution in [1.82, 2.24) is 9.97 Å². The zero-order valence-corrected chi connectivity index (χ0v) is 14.8. The fraction of sp³-hybridized carbons (Fsp3) is 0.0556. The van der Waals surface area contributed by atoms with E-state index in [-0.39, 0.29) is 17.5 Å². The van der Waals surface area contributed by atoms with Crippen LogP contribution in [-0.2, 0) is 6.18 Å². The average Bonchev–Trinajstić information content (AvgIpc) is 2.62. The molecule has 4 N–H and O–H groups in total. The van der Waals surface area contributed by atoms with E-state index in [2.05, 4.69) is 20.6 Å². The summed E-state index contributed by atoms with van der Waals surface area (Å²) in [6.45, 7) is 0. The van der Waals surface area contributed by atoms with Crippen molar-refractivity contribution in [2.45, 2.75) is 6.18 Å². The Hall–Kier alpha value is -3.33. The van der Waals surface area contributed by atoms with E-state index in [9.17, 15) is 18.0 Å². The summed E-state index contributed by atoms with van der Waals surface area (Å²) in [5.74, 6) is 0.0244. The maximum Gasteiger partial charge on any atom is 0.417 e. The maximum absolute atomic E-state index is 12.9. The Labute approximate surface area is 162 Å². The number of hydrogen-bond acceptors (Lipinski definition) is 4. The number of carbonyl (C=O) groups excluding carboxylic acids is 1. The summed E-state index contributed by atoms with van der Waals surface area (Å²) < 4.78 is 38.8. The summed E-state index contributed by atoms with van der Waals surface area (Å²) in [7, 11) is 0. The molecule has 0 bridgehead atoms. The normalized spacial score (nSPS) is 11.1. The van der Waals surface area contributed by atoms with Crippen LogP contribution in [0.2, 0.25) is 5.02 Å². The minimum Gasteiger partial charge on any atom is -0.368 e. The number of urea groups is 1. The van der Waals surface area contributed by atoms with E-state index in [0.717, 1.165) is 17.7 Å². The summed E-state index contributed by atoms with van der Waals surface area (Å²) in [5.41, 5.74) is 5.78. The molecule has 0 aliphatic carbocycles. The van der Waals surface area contributed by atoms with Gasteiger partial charge in [-0.2, -0.15) is 18.2 Å². The van der Waals surface area contributed by atoms with Crippen LogP contribution in [0.3, 0.4) is 0 Å². The van der Waals surface area contributed by atoms with E-state index in [1.165, 1.54) is 12.1 Å². The molecule has 0 saturated carbocycles. The van der Waals surface area contributed by atoms with E-state index in [1.807, 2.05) is 18.2 Å². The van der Waals surface area contributed by atoms with E-state index in [4.69, 9.17) is 17.3 Å². The van der Waals surface area contributed by atoms with Gasteiger partial charge in [-0.3, -0.25) is 5.32 Å². The number of alkyl halides is 3. The number of benzene rings is 2. The predicted molar refractivity (Wildman–Crippen MR) is 101 cm³/mol. The number of rotatable bonds is 3. The van der Waals surface area contributed by atoms with E-state index < -0.39 is 22.8 Å². The van der Waals surface area contributed by atoms with Crippen LogP contribution in [0.25, 0.3) is 11.3 Å². The van der Waals surface area contributed by atoms with Crippen molar-refractivity contribution in [2.75, 3.05) is 16.4 Å². The lowest BCUT2D eigenvalue weighted by Gasteiger charge is -2.12. The molecule has 10 heteroatoms. The number of nitrogen functional groups attached to an aromatic ring is 1. The van der Waals surface area contributed by atoms with E-state index in [1.54, 1.807) is 12.1 Å². The standard InChI is InChI=1S/C18H13ClF3N5O/c19-13-7-6-11(8-12(13)18(20,21)22)24-17(28)27-15-9-14(25-16(23)26-15)10-4-2-1-3-5-10/h1-9H,(H4,23,24,25,26,27,28). The first-order valence-electron chi connectivity index (χ1n) is 7.87. The van der Waals surface area contributed by atoms with Gasteiger partial charge in [0.15, 0.2) is 0 Å². The zero-order valence-electron chi connectivity index (χ0n) is 14.1. The van der Waals surface area contributed by atoms with Crippen LogP contribution >= 0.6 is 11.6 Å². The third-order valence-corrected chi connectivity index (χ3v) is 3.91. The molecule has 0 spiro atoms. The molecule has 0 unspecified atom stereocenters. The molecule has 0 aliphatic heterocycles. The number of amides is 2. The molecule has 0 aliphatic rings. The van der Waals surface area contributed by atoms with Gasteiger partial charge in [0.25, 0.3) is 0 Å². The molecule has 1 heterocycles. The Morgan fingerprint density at radius 1 is 1.00 bits per heavy atom. The van der Waals surface area contributed by atoms with Gasteiger partial charge >= 0.3 is 12.2 Å². The zero-order chi connectivity index (χ0) is 20.3. The predicted octanol–water partition coefficient (Wildman–Crippen LogP) is 5.04. The summed E-state index contributed by atoms with van der Waals surface area (Å²) in [6.07, 6.45) is -4.64. The van der Waals surface area contributed by atoms with Crippen molar-refractivity contribution >= 4 is 35.1 Å². The van der Waals surface area contributed by atoms with Crippen molar-refractivity contribution in [3.05, 3.63) is 65.2 Å². The molecule has 2 amide bonds. The Morgan fingerprint density at radius 2 is 1.71 bits per heavy atom. The van der Waals surface area contributed by atoms with Gasteiger partial charge in [-0.1, -0.05) is 41.9 Å². The second-order valence-corrected chi connectivity index (χ2v) is 6.04. The molecule has 28 heavy (non-hydrogen) atoms. The van der Waals surface area contributed by atoms with Crippen LogP contribution < -0.4 is 16.4 Å². The number of nitrogens with one attached hydrogen (secondary N) is 2. The molecular weight excluding hydrogens is 395 g/mol. The highest BCUT2D eigenvalue weighted by Crippen LogP contribution is 2.36. The van der Waals surface area contributed by atoms with Crippen LogP contribution in [0, 0.1) is 0 Å².